The van der Waals surface area contributed by atoms with Crippen LogP contribution in [0.2, 0.25) is 0 Å². The highest BCUT2D eigenvalue weighted by Crippen LogP contribution is 2.07. The Balaban J connectivity index is 1.97. The number of rotatable bonds is 4. The molecule has 0 aromatic carbocycles. The Labute approximate surface area is 97.7 Å². The van der Waals surface area contributed by atoms with Gasteiger partial charge in [0.25, 0.3) is 5.56 Å². The normalized spacial score (nSPS) is 10.4. The van der Waals surface area contributed by atoms with E-state index in [-0.39, 0.29) is 11.2 Å². The molecule has 0 atom stereocenters. The summed E-state index contributed by atoms with van der Waals surface area (Å²) in [5.74, 6) is 1.36. The van der Waals surface area contributed by atoms with E-state index in [4.69, 9.17) is 5.73 Å². The zero-order chi connectivity index (χ0) is 12.3. The molecule has 2 aromatic rings. The third kappa shape index (κ3) is 2.44. The third-order valence-corrected chi connectivity index (χ3v) is 2.45. The Morgan fingerprint density at radius 2 is 2.35 bits per heavy atom. The molecule has 0 amide bonds. The van der Waals surface area contributed by atoms with E-state index >= 15 is 0 Å². The number of H-pyrrole nitrogens is 1. The highest BCUT2D eigenvalue weighted by atomic mass is 16.1. The average molecular weight is 234 g/mol. The fourth-order valence-electron chi connectivity index (χ4n) is 1.48. The Bertz CT molecular complexity index is 558. The number of nitrogens with one attached hydrogen (secondary N) is 2. The van der Waals surface area contributed by atoms with Crippen LogP contribution in [-0.2, 0) is 13.5 Å². The highest BCUT2D eigenvalue weighted by Gasteiger charge is 2.04. The summed E-state index contributed by atoms with van der Waals surface area (Å²) in [5.41, 5.74) is 5.35. The van der Waals surface area contributed by atoms with E-state index < -0.39 is 0 Å². The SMILES string of the molecule is Cn1ccnc1CCNc1nc[nH]c(=O)c1N. The van der Waals surface area contributed by atoms with Crippen molar-refractivity contribution in [2.75, 3.05) is 17.6 Å². The minimum absolute atomic E-state index is 0.104. The second kappa shape index (κ2) is 4.69. The third-order valence-electron chi connectivity index (χ3n) is 2.45. The number of nitrogen functional groups attached to an aromatic ring is 1. The van der Waals surface area contributed by atoms with Crippen LogP contribution in [0.4, 0.5) is 11.5 Å². The summed E-state index contributed by atoms with van der Waals surface area (Å²) in [6.07, 6.45) is 5.68. The van der Waals surface area contributed by atoms with Gasteiger partial charge in [-0.25, -0.2) is 9.97 Å². The maximum absolute atomic E-state index is 11.2. The van der Waals surface area contributed by atoms with Gasteiger partial charge in [-0.3, -0.25) is 4.79 Å². The summed E-state index contributed by atoms with van der Waals surface area (Å²) in [4.78, 5) is 21.8. The second-order valence-corrected chi connectivity index (χ2v) is 3.63. The largest absolute Gasteiger partial charge is 0.391 e. The van der Waals surface area contributed by atoms with Crippen molar-refractivity contribution < 1.29 is 0 Å². The van der Waals surface area contributed by atoms with Crippen molar-refractivity contribution >= 4 is 11.5 Å². The van der Waals surface area contributed by atoms with E-state index in [1.807, 2.05) is 17.8 Å². The van der Waals surface area contributed by atoms with Gasteiger partial charge in [0, 0.05) is 32.4 Å². The maximum atomic E-state index is 11.2. The standard InChI is InChI=1S/C10H14N6O/c1-16-5-4-12-7(16)2-3-13-9-8(11)10(17)15-6-14-9/h4-6H,2-3,11H2,1H3,(H2,13,14,15,17). The van der Waals surface area contributed by atoms with E-state index in [0.29, 0.717) is 12.4 Å². The number of aryl methyl sites for hydroxylation is 1. The number of nitrogens with zero attached hydrogens (tertiary/aromatic N) is 3. The summed E-state index contributed by atoms with van der Waals surface area (Å²) in [6, 6.07) is 0. The van der Waals surface area contributed by atoms with Gasteiger partial charge in [0.1, 0.15) is 11.5 Å². The molecule has 0 aliphatic carbocycles. The Kier molecular flexibility index (Phi) is 3.08. The van der Waals surface area contributed by atoms with Gasteiger partial charge < -0.3 is 20.6 Å². The van der Waals surface area contributed by atoms with E-state index in [2.05, 4.69) is 20.3 Å². The van der Waals surface area contributed by atoms with Gasteiger partial charge in [-0.15, -0.1) is 0 Å². The number of hydrogen-bond acceptors (Lipinski definition) is 5. The summed E-state index contributed by atoms with van der Waals surface area (Å²) < 4.78 is 1.94. The molecular formula is C10H14N6O. The van der Waals surface area contributed by atoms with E-state index in [1.165, 1.54) is 6.33 Å². The lowest BCUT2D eigenvalue weighted by Gasteiger charge is -2.06. The maximum Gasteiger partial charge on any atom is 0.276 e. The molecule has 0 radical (unpaired) electrons. The molecule has 0 aliphatic heterocycles. The molecule has 7 heteroatoms. The van der Waals surface area contributed by atoms with Crippen LogP contribution in [-0.4, -0.2) is 26.1 Å². The molecule has 0 saturated heterocycles. The summed E-state index contributed by atoms with van der Waals surface area (Å²) in [6.45, 7) is 0.617. The Hall–Kier alpha value is -2.31. The fraction of sp³-hybridized carbons (Fsp3) is 0.300. The summed E-state index contributed by atoms with van der Waals surface area (Å²) in [7, 11) is 1.93. The first-order chi connectivity index (χ1) is 8.18. The van der Waals surface area contributed by atoms with Gasteiger partial charge >= 0.3 is 0 Å². The van der Waals surface area contributed by atoms with Crippen LogP contribution in [0.25, 0.3) is 0 Å². The van der Waals surface area contributed by atoms with Gasteiger partial charge in [-0.1, -0.05) is 0 Å². The van der Waals surface area contributed by atoms with Crippen LogP contribution in [0.3, 0.4) is 0 Å². The first-order valence-corrected chi connectivity index (χ1v) is 5.21. The lowest BCUT2D eigenvalue weighted by atomic mass is 10.4. The molecule has 90 valence electrons. The van der Waals surface area contributed by atoms with Gasteiger partial charge in [-0.2, -0.15) is 0 Å². The summed E-state index contributed by atoms with van der Waals surface area (Å²) in [5, 5.41) is 3.01. The first-order valence-electron chi connectivity index (χ1n) is 5.21. The molecule has 2 rings (SSSR count). The topological polar surface area (TPSA) is 102 Å². The fourth-order valence-corrected chi connectivity index (χ4v) is 1.48. The first kappa shape index (κ1) is 11.2. The predicted octanol–water partition coefficient (Wildman–Crippen LogP) is -0.260. The zero-order valence-electron chi connectivity index (χ0n) is 9.47. The number of aromatic amines is 1. The smallest absolute Gasteiger partial charge is 0.276 e. The molecule has 17 heavy (non-hydrogen) atoms. The lowest BCUT2D eigenvalue weighted by Crippen LogP contribution is -2.17. The van der Waals surface area contributed by atoms with Crippen LogP contribution < -0.4 is 16.6 Å². The lowest BCUT2D eigenvalue weighted by molar-refractivity contribution is 0.788. The Morgan fingerprint density at radius 3 is 3.06 bits per heavy atom. The van der Waals surface area contributed by atoms with Crippen LogP contribution >= 0.6 is 0 Å². The molecule has 0 saturated carbocycles. The number of hydrogen-bond donors (Lipinski definition) is 3. The van der Waals surface area contributed by atoms with Crippen molar-refractivity contribution in [3.05, 3.63) is 34.9 Å². The molecule has 4 N–H and O–H groups in total. The molecule has 7 nitrogen and oxygen atoms in total. The van der Waals surface area contributed by atoms with Crippen molar-refractivity contribution in [2.24, 2.45) is 7.05 Å². The van der Waals surface area contributed by atoms with Crippen molar-refractivity contribution in [1.29, 1.82) is 0 Å². The van der Waals surface area contributed by atoms with Crippen molar-refractivity contribution in [3.8, 4) is 0 Å². The van der Waals surface area contributed by atoms with Crippen LogP contribution in [0.5, 0.6) is 0 Å². The Morgan fingerprint density at radius 1 is 1.53 bits per heavy atom. The molecule has 0 aliphatic rings. The number of aromatic nitrogens is 4. The zero-order valence-corrected chi connectivity index (χ0v) is 9.47. The predicted molar refractivity (Wildman–Crippen MR) is 64.7 cm³/mol. The molecule has 2 heterocycles. The van der Waals surface area contributed by atoms with E-state index in [1.54, 1.807) is 6.20 Å². The molecular weight excluding hydrogens is 220 g/mol. The molecule has 0 spiro atoms. The van der Waals surface area contributed by atoms with Gasteiger partial charge in [0.15, 0.2) is 5.82 Å². The second-order valence-electron chi connectivity index (χ2n) is 3.63. The molecule has 0 fully saturated rings. The van der Waals surface area contributed by atoms with Gasteiger partial charge in [0.2, 0.25) is 0 Å². The highest BCUT2D eigenvalue weighted by molar-refractivity contribution is 5.58. The minimum Gasteiger partial charge on any atom is -0.391 e. The number of nitrogens with two attached hydrogens (primary N) is 1. The van der Waals surface area contributed by atoms with Gasteiger partial charge in [0.05, 0.1) is 6.33 Å². The van der Waals surface area contributed by atoms with E-state index in [9.17, 15) is 4.79 Å². The van der Waals surface area contributed by atoms with Crippen LogP contribution in [0.1, 0.15) is 5.82 Å². The molecule has 0 unspecified atom stereocenters. The van der Waals surface area contributed by atoms with Crippen molar-refractivity contribution in [1.82, 2.24) is 19.5 Å². The quantitative estimate of drug-likeness (QED) is 0.676. The van der Waals surface area contributed by atoms with Crippen LogP contribution in [0, 0.1) is 0 Å². The summed E-state index contributed by atoms with van der Waals surface area (Å²) >= 11 is 0. The number of imidazole rings is 1. The molecule has 2 aromatic heterocycles. The van der Waals surface area contributed by atoms with Crippen LogP contribution in [0.15, 0.2) is 23.5 Å². The average Bonchev–Trinajstić information content (AvgIpc) is 2.71. The molecule has 0 bridgehead atoms. The van der Waals surface area contributed by atoms with Crippen molar-refractivity contribution in [2.45, 2.75) is 6.42 Å². The number of anilines is 2. The van der Waals surface area contributed by atoms with E-state index in [0.717, 1.165) is 12.2 Å². The minimum atomic E-state index is -0.334. The van der Waals surface area contributed by atoms with Gasteiger partial charge in [-0.05, 0) is 0 Å². The monoisotopic (exact) mass is 234 g/mol. The van der Waals surface area contributed by atoms with Crippen molar-refractivity contribution in [3.63, 3.8) is 0 Å².